The molecule has 3 heteroatoms. The van der Waals surface area contributed by atoms with Crippen LogP contribution in [0, 0.1) is 0 Å². The molecule has 1 heterocycles. The Hall–Kier alpha value is -3.20. The SMILES string of the molecule is O=C(O)C=CCC1(Cc2ccncc2)c2ccccc2-c2ccccc21. The van der Waals surface area contributed by atoms with Gasteiger partial charge >= 0.3 is 5.97 Å². The summed E-state index contributed by atoms with van der Waals surface area (Å²) in [5, 5.41) is 9.06. The number of hydrogen-bond donors (Lipinski definition) is 1. The number of fused-ring (bicyclic) bond motifs is 3. The van der Waals surface area contributed by atoms with Gasteiger partial charge in [-0.05, 0) is 52.8 Å². The van der Waals surface area contributed by atoms with Crippen LogP contribution in [-0.4, -0.2) is 16.1 Å². The Morgan fingerprint density at radius 2 is 1.50 bits per heavy atom. The first-order chi connectivity index (χ1) is 12.7. The lowest BCUT2D eigenvalue weighted by atomic mass is 9.71. The summed E-state index contributed by atoms with van der Waals surface area (Å²) >= 11 is 0. The average molecular weight is 341 g/mol. The predicted octanol–water partition coefficient (Wildman–Crippen LogP) is 4.62. The molecule has 1 aliphatic rings. The van der Waals surface area contributed by atoms with Crippen LogP contribution in [0.1, 0.15) is 23.1 Å². The molecule has 3 nitrogen and oxygen atoms in total. The summed E-state index contributed by atoms with van der Waals surface area (Å²) in [6.07, 6.45) is 8.08. The van der Waals surface area contributed by atoms with Crippen molar-refractivity contribution in [1.82, 2.24) is 4.98 Å². The minimum Gasteiger partial charge on any atom is -0.478 e. The fourth-order valence-corrected chi connectivity index (χ4v) is 4.11. The van der Waals surface area contributed by atoms with E-state index in [0.717, 1.165) is 6.42 Å². The Bertz CT molecular complexity index is 931. The molecule has 0 saturated carbocycles. The van der Waals surface area contributed by atoms with Crippen LogP contribution in [0.2, 0.25) is 0 Å². The molecular weight excluding hydrogens is 322 g/mol. The van der Waals surface area contributed by atoms with E-state index >= 15 is 0 Å². The summed E-state index contributed by atoms with van der Waals surface area (Å²) in [5.41, 5.74) is 5.90. The second kappa shape index (κ2) is 6.60. The zero-order valence-electron chi connectivity index (χ0n) is 14.3. The number of aromatic nitrogens is 1. The number of carboxylic acid groups (broad SMARTS) is 1. The Morgan fingerprint density at radius 1 is 0.923 bits per heavy atom. The molecule has 26 heavy (non-hydrogen) atoms. The zero-order chi connectivity index (χ0) is 18.0. The van der Waals surface area contributed by atoms with E-state index in [2.05, 4.69) is 53.5 Å². The number of rotatable bonds is 5. The van der Waals surface area contributed by atoms with Gasteiger partial charge in [0.2, 0.25) is 0 Å². The number of carboxylic acids is 1. The first kappa shape index (κ1) is 16.3. The maximum atomic E-state index is 11.0. The highest BCUT2D eigenvalue weighted by atomic mass is 16.4. The van der Waals surface area contributed by atoms with Gasteiger partial charge in [-0.15, -0.1) is 0 Å². The van der Waals surface area contributed by atoms with Gasteiger partial charge in [0.15, 0.2) is 0 Å². The van der Waals surface area contributed by atoms with Crippen molar-refractivity contribution in [3.8, 4) is 11.1 Å². The molecule has 128 valence electrons. The van der Waals surface area contributed by atoms with Crippen molar-refractivity contribution in [2.45, 2.75) is 18.3 Å². The molecule has 0 unspecified atom stereocenters. The lowest BCUT2D eigenvalue weighted by Crippen LogP contribution is -2.27. The molecule has 4 rings (SSSR count). The molecular formula is C23H19NO2. The molecule has 0 atom stereocenters. The molecule has 0 spiro atoms. The van der Waals surface area contributed by atoms with E-state index in [1.54, 1.807) is 6.08 Å². The van der Waals surface area contributed by atoms with E-state index in [1.165, 1.54) is 33.9 Å². The van der Waals surface area contributed by atoms with Gasteiger partial charge in [-0.1, -0.05) is 54.6 Å². The van der Waals surface area contributed by atoms with Crippen LogP contribution in [0.4, 0.5) is 0 Å². The van der Waals surface area contributed by atoms with Gasteiger partial charge in [0.05, 0.1) is 0 Å². The lowest BCUT2D eigenvalue weighted by Gasteiger charge is -2.31. The zero-order valence-corrected chi connectivity index (χ0v) is 14.3. The monoisotopic (exact) mass is 341 g/mol. The van der Waals surface area contributed by atoms with Crippen LogP contribution in [0.25, 0.3) is 11.1 Å². The Balaban J connectivity index is 1.91. The van der Waals surface area contributed by atoms with Gasteiger partial charge in [-0.3, -0.25) is 4.98 Å². The molecule has 0 aliphatic heterocycles. The average Bonchev–Trinajstić information content (AvgIpc) is 2.93. The second-order valence-electron chi connectivity index (χ2n) is 6.65. The summed E-state index contributed by atoms with van der Waals surface area (Å²) in [6, 6.07) is 21.0. The highest BCUT2D eigenvalue weighted by molar-refractivity contribution is 5.82. The van der Waals surface area contributed by atoms with E-state index in [-0.39, 0.29) is 5.41 Å². The quantitative estimate of drug-likeness (QED) is 0.689. The summed E-state index contributed by atoms with van der Waals surface area (Å²) < 4.78 is 0. The predicted molar refractivity (Wildman–Crippen MR) is 102 cm³/mol. The first-order valence-electron chi connectivity index (χ1n) is 8.68. The van der Waals surface area contributed by atoms with Gasteiger partial charge in [0.1, 0.15) is 0 Å². The number of carbonyl (C=O) groups is 1. The van der Waals surface area contributed by atoms with E-state index in [1.807, 2.05) is 24.5 Å². The molecule has 0 radical (unpaired) electrons. The normalized spacial score (nSPS) is 14.2. The van der Waals surface area contributed by atoms with Crippen molar-refractivity contribution in [2.24, 2.45) is 0 Å². The van der Waals surface area contributed by atoms with E-state index in [0.29, 0.717) is 6.42 Å². The molecule has 1 N–H and O–H groups in total. The second-order valence-corrected chi connectivity index (χ2v) is 6.65. The topological polar surface area (TPSA) is 50.2 Å². The maximum Gasteiger partial charge on any atom is 0.327 e. The highest BCUT2D eigenvalue weighted by Gasteiger charge is 2.42. The number of benzene rings is 2. The molecule has 0 bridgehead atoms. The minimum absolute atomic E-state index is 0.277. The van der Waals surface area contributed by atoms with Gasteiger partial charge in [0.25, 0.3) is 0 Å². The number of pyridine rings is 1. The van der Waals surface area contributed by atoms with Crippen LogP contribution in [0.5, 0.6) is 0 Å². The number of nitrogens with zero attached hydrogens (tertiary/aromatic N) is 1. The lowest BCUT2D eigenvalue weighted by molar-refractivity contribution is -0.131. The number of allylic oxidation sites excluding steroid dienone is 1. The summed E-state index contributed by atoms with van der Waals surface area (Å²) in [4.78, 5) is 15.2. The van der Waals surface area contributed by atoms with Crippen molar-refractivity contribution < 1.29 is 9.90 Å². The third kappa shape index (κ3) is 2.72. The summed E-state index contributed by atoms with van der Waals surface area (Å²) in [7, 11) is 0. The van der Waals surface area contributed by atoms with E-state index < -0.39 is 5.97 Å². The summed E-state index contributed by atoms with van der Waals surface area (Å²) in [6.45, 7) is 0. The van der Waals surface area contributed by atoms with Crippen molar-refractivity contribution in [3.05, 3.63) is 102 Å². The highest BCUT2D eigenvalue weighted by Crippen LogP contribution is 2.52. The molecule has 3 aromatic rings. The number of hydrogen-bond acceptors (Lipinski definition) is 2. The molecule has 0 amide bonds. The third-order valence-corrected chi connectivity index (χ3v) is 5.16. The molecule has 1 aliphatic carbocycles. The van der Waals surface area contributed by atoms with Crippen LogP contribution >= 0.6 is 0 Å². The van der Waals surface area contributed by atoms with Crippen molar-refractivity contribution in [2.75, 3.05) is 0 Å². The number of aliphatic carboxylic acids is 1. The van der Waals surface area contributed by atoms with Crippen LogP contribution < -0.4 is 0 Å². The van der Waals surface area contributed by atoms with E-state index in [4.69, 9.17) is 5.11 Å². The maximum absolute atomic E-state index is 11.0. The van der Waals surface area contributed by atoms with Crippen molar-refractivity contribution in [3.63, 3.8) is 0 Å². The Labute approximate surface area is 152 Å². The third-order valence-electron chi connectivity index (χ3n) is 5.16. The summed E-state index contributed by atoms with van der Waals surface area (Å²) in [5.74, 6) is -0.913. The van der Waals surface area contributed by atoms with Crippen molar-refractivity contribution >= 4 is 5.97 Å². The van der Waals surface area contributed by atoms with Crippen LogP contribution in [-0.2, 0) is 16.6 Å². The first-order valence-corrected chi connectivity index (χ1v) is 8.68. The molecule has 0 fully saturated rings. The molecule has 2 aromatic carbocycles. The fraction of sp³-hybridized carbons (Fsp3) is 0.130. The van der Waals surface area contributed by atoms with Crippen LogP contribution in [0.15, 0.2) is 85.2 Å². The van der Waals surface area contributed by atoms with Gasteiger partial charge in [0, 0.05) is 23.9 Å². The smallest absolute Gasteiger partial charge is 0.327 e. The molecule has 1 aromatic heterocycles. The van der Waals surface area contributed by atoms with Gasteiger partial charge in [-0.2, -0.15) is 0 Å². The Kier molecular flexibility index (Phi) is 4.13. The molecule has 0 saturated heterocycles. The van der Waals surface area contributed by atoms with Crippen molar-refractivity contribution in [1.29, 1.82) is 0 Å². The largest absolute Gasteiger partial charge is 0.478 e. The fourth-order valence-electron chi connectivity index (χ4n) is 4.11. The van der Waals surface area contributed by atoms with Crippen LogP contribution in [0.3, 0.4) is 0 Å². The standard InChI is InChI=1S/C23H19NO2/c25-22(26)10-5-13-23(16-17-11-14-24-15-12-17)20-8-3-1-6-18(20)19-7-2-4-9-21(19)23/h1-12,14-15H,13,16H2,(H,25,26). The van der Waals surface area contributed by atoms with E-state index in [9.17, 15) is 4.79 Å². The Morgan fingerprint density at radius 3 is 2.08 bits per heavy atom. The van der Waals surface area contributed by atoms with Gasteiger partial charge < -0.3 is 5.11 Å². The van der Waals surface area contributed by atoms with Gasteiger partial charge in [-0.25, -0.2) is 4.79 Å². The minimum atomic E-state index is -0.913.